The minimum absolute atomic E-state index is 0. The topological polar surface area (TPSA) is 54.9 Å². The molecule has 0 heterocycles. The van der Waals surface area contributed by atoms with Crippen LogP contribution in [-0.2, 0) is 4.74 Å². The summed E-state index contributed by atoms with van der Waals surface area (Å²) in [5.74, 6) is 1.03. The number of halogens is 2. The van der Waals surface area contributed by atoms with Crippen LogP contribution in [0.15, 0.2) is 23.2 Å². The largest absolute Gasteiger partial charge is 0.494 e. The number of hydrogen-bond donors (Lipinski definition) is 2. The van der Waals surface area contributed by atoms with Gasteiger partial charge in [-0.05, 0) is 43.9 Å². The molecule has 5 nitrogen and oxygen atoms in total. The van der Waals surface area contributed by atoms with Gasteiger partial charge < -0.3 is 20.1 Å². The molecular weight excluding hydrogens is 448 g/mol. The Morgan fingerprint density at radius 2 is 1.96 bits per heavy atom. The van der Waals surface area contributed by atoms with Crippen LogP contribution in [0.1, 0.15) is 45.7 Å². The van der Waals surface area contributed by atoms with Gasteiger partial charge in [0.1, 0.15) is 0 Å². The van der Waals surface area contributed by atoms with Crippen molar-refractivity contribution in [2.45, 2.75) is 46.3 Å². The van der Waals surface area contributed by atoms with E-state index in [-0.39, 0.29) is 47.7 Å². The van der Waals surface area contributed by atoms with Gasteiger partial charge in [0.15, 0.2) is 17.5 Å². The van der Waals surface area contributed by atoms with E-state index in [0.717, 1.165) is 25.1 Å². The molecule has 26 heavy (non-hydrogen) atoms. The van der Waals surface area contributed by atoms with Crippen molar-refractivity contribution in [3.63, 3.8) is 0 Å². The van der Waals surface area contributed by atoms with Gasteiger partial charge in [-0.1, -0.05) is 19.9 Å². The first kappa shape index (κ1) is 24.9. The van der Waals surface area contributed by atoms with Gasteiger partial charge >= 0.3 is 0 Å². The van der Waals surface area contributed by atoms with Gasteiger partial charge in [0.25, 0.3) is 0 Å². The van der Waals surface area contributed by atoms with Crippen LogP contribution in [-0.4, -0.2) is 39.4 Å². The zero-order valence-electron chi connectivity index (χ0n) is 16.6. The van der Waals surface area contributed by atoms with E-state index in [4.69, 9.17) is 9.47 Å². The molecule has 0 amide bonds. The molecule has 150 valence electrons. The first-order valence-electron chi connectivity index (χ1n) is 8.85. The molecule has 0 aliphatic carbocycles. The van der Waals surface area contributed by atoms with Crippen molar-refractivity contribution in [3.05, 3.63) is 29.6 Å². The van der Waals surface area contributed by atoms with Crippen LogP contribution in [0.3, 0.4) is 0 Å². The van der Waals surface area contributed by atoms with Gasteiger partial charge in [0.05, 0.1) is 19.3 Å². The fourth-order valence-electron chi connectivity index (χ4n) is 2.59. The van der Waals surface area contributed by atoms with Crippen LogP contribution in [0.25, 0.3) is 0 Å². The number of nitrogens with zero attached hydrogens (tertiary/aromatic N) is 1. The van der Waals surface area contributed by atoms with Crippen molar-refractivity contribution in [3.8, 4) is 5.75 Å². The summed E-state index contributed by atoms with van der Waals surface area (Å²) in [6.45, 7) is 9.77. The maximum Gasteiger partial charge on any atom is 0.191 e. The summed E-state index contributed by atoms with van der Waals surface area (Å²) in [6, 6.07) is 4.87. The Bertz CT molecular complexity index is 556. The van der Waals surface area contributed by atoms with Gasteiger partial charge in [-0.3, -0.25) is 4.99 Å². The lowest BCUT2D eigenvalue weighted by Gasteiger charge is -2.23. The molecule has 0 spiro atoms. The molecule has 0 aliphatic rings. The number of ether oxygens (including phenoxy) is 2. The Morgan fingerprint density at radius 1 is 1.27 bits per heavy atom. The monoisotopic (exact) mass is 481 g/mol. The van der Waals surface area contributed by atoms with Gasteiger partial charge in [-0.2, -0.15) is 0 Å². The third-order valence-electron chi connectivity index (χ3n) is 4.10. The standard InChI is InChI=1S/C19H32FN3O2.HI/c1-7-25-17(13(2)3)10-11-22-19(21-5)23-14(4)15-8-9-18(24-6)16(20)12-15;/h8-9,12-14,17H,7,10-11H2,1-6H3,(H2,21,22,23);1H. The first-order valence-corrected chi connectivity index (χ1v) is 8.85. The molecule has 0 aliphatic heterocycles. The number of rotatable bonds is 9. The second kappa shape index (κ2) is 13.1. The summed E-state index contributed by atoms with van der Waals surface area (Å²) in [5, 5.41) is 6.56. The number of aliphatic imine (C=N–C) groups is 1. The van der Waals surface area contributed by atoms with Crippen LogP contribution in [0, 0.1) is 11.7 Å². The average molecular weight is 481 g/mol. The van der Waals surface area contributed by atoms with Crippen molar-refractivity contribution in [2.75, 3.05) is 27.3 Å². The summed E-state index contributed by atoms with van der Waals surface area (Å²) < 4.78 is 24.6. The van der Waals surface area contributed by atoms with E-state index >= 15 is 0 Å². The highest BCUT2D eigenvalue weighted by molar-refractivity contribution is 14.0. The number of nitrogens with one attached hydrogen (secondary N) is 2. The highest BCUT2D eigenvalue weighted by atomic mass is 127. The minimum Gasteiger partial charge on any atom is -0.494 e. The third kappa shape index (κ3) is 8.07. The average Bonchev–Trinajstić information content (AvgIpc) is 2.59. The number of guanidine groups is 1. The smallest absolute Gasteiger partial charge is 0.191 e. The summed E-state index contributed by atoms with van der Waals surface area (Å²) in [4.78, 5) is 4.23. The fourth-order valence-corrected chi connectivity index (χ4v) is 2.59. The lowest BCUT2D eigenvalue weighted by Crippen LogP contribution is -2.40. The fraction of sp³-hybridized carbons (Fsp3) is 0.632. The van der Waals surface area contributed by atoms with Crippen LogP contribution in [0.4, 0.5) is 4.39 Å². The van der Waals surface area contributed by atoms with E-state index in [1.165, 1.54) is 13.2 Å². The Hall–Kier alpha value is -1.09. The zero-order valence-corrected chi connectivity index (χ0v) is 19.0. The molecule has 0 aromatic heterocycles. The Morgan fingerprint density at radius 3 is 2.46 bits per heavy atom. The van der Waals surface area contributed by atoms with Gasteiger partial charge in [-0.15, -0.1) is 24.0 Å². The Labute approximate surface area is 174 Å². The van der Waals surface area contributed by atoms with E-state index in [0.29, 0.717) is 11.9 Å². The molecule has 0 saturated heterocycles. The van der Waals surface area contributed by atoms with E-state index in [1.807, 2.05) is 19.9 Å². The molecule has 1 aromatic carbocycles. The normalized spacial score (nSPS) is 13.8. The number of benzene rings is 1. The van der Waals surface area contributed by atoms with Crippen LogP contribution >= 0.6 is 24.0 Å². The SMILES string of the molecule is CCOC(CCNC(=NC)NC(C)c1ccc(OC)c(F)c1)C(C)C.I. The summed E-state index contributed by atoms with van der Waals surface area (Å²) >= 11 is 0. The predicted octanol–water partition coefficient (Wildman–Crippen LogP) is 4.13. The molecule has 0 fully saturated rings. The van der Waals surface area contributed by atoms with E-state index < -0.39 is 0 Å². The molecule has 2 N–H and O–H groups in total. The van der Waals surface area contributed by atoms with Crippen molar-refractivity contribution >= 4 is 29.9 Å². The molecule has 1 aromatic rings. The molecule has 0 bridgehead atoms. The maximum atomic E-state index is 13.9. The highest BCUT2D eigenvalue weighted by Gasteiger charge is 2.14. The summed E-state index contributed by atoms with van der Waals surface area (Å²) in [6.07, 6.45) is 1.13. The van der Waals surface area contributed by atoms with Crippen molar-refractivity contribution in [1.29, 1.82) is 0 Å². The van der Waals surface area contributed by atoms with Crippen molar-refractivity contribution in [2.24, 2.45) is 10.9 Å². The summed E-state index contributed by atoms with van der Waals surface area (Å²) in [7, 11) is 3.18. The predicted molar refractivity (Wildman–Crippen MR) is 116 cm³/mol. The zero-order chi connectivity index (χ0) is 18.8. The van der Waals surface area contributed by atoms with Crippen LogP contribution in [0.5, 0.6) is 5.75 Å². The van der Waals surface area contributed by atoms with E-state index in [9.17, 15) is 4.39 Å². The molecule has 2 atom stereocenters. The number of methoxy groups -OCH3 is 1. The summed E-state index contributed by atoms with van der Waals surface area (Å²) in [5.41, 5.74) is 0.829. The molecule has 0 radical (unpaired) electrons. The van der Waals surface area contributed by atoms with Crippen LogP contribution in [0.2, 0.25) is 0 Å². The molecular formula is C19H33FIN3O2. The molecule has 2 unspecified atom stereocenters. The van der Waals surface area contributed by atoms with E-state index in [2.05, 4.69) is 29.5 Å². The lowest BCUT2D eigenvalue weighted by molar-refractivity contribution is 0.0258. The quantitative estimate of drug-likeness (QED) is 0.317. The third-order valence-corrected chi connectivity index (χ3v) is 4.10. The first-order chi connectivity index (χ1) is 11.9. The van der Waals surface area contributed by atoms with Gasteiger partial charge in [0.2, 0.25) is 0 Å². The Balaban J connectivity index is 0.00000625. The molecule has 7 heteroatoms. The molecule has 1 rings (SSSR count). The number of hydrogen-bond acceptors (Lipinski definition) is 3. The van der Waals surface area contributed by atoms with Gasteiger partial charge in [0, 0.05) is 20.2 Å². The molecule has 0 saturated carbocycles. The second-order valence-electron chi connectivity index (χ2n) is 6.29. The highest BCUT2D eigenvalue weighted by Crippen LogP contribution is 2.21. The van der Waals surface area contributed by atoms with Crippen molar-refractivity contribution in [1.82, 2.24) is 10.6 Å². The maximum absolute atomic E-state index is 13.9. The van der Waals surface area contributed by atoms with E-state index in [1.54, 1.807) is 13.1 Å². The lowest BCUT2D eigenvalue weighted by atomic mass is 10.0. The van der Waals surface area contributed by atoms with Crippen LogP contribution < -0.4 is 15.4 Å². The van der Waals surface area contributed by atoms with Gasteiger partial charge in [-0.25, -0.2) is 4.39 Å². The second-order valence-corrected chi connectivity index (χ2v) is 6.29. The Kier molecular flexibility index (Phi) is 12.6. The minimum atomic E-state index is -0.368. The van der Waals surface area contributed by atoms with Crippen molar-refractivity contribution < 1.29 is 13.9 Å².